The van der Waals surface area contributed by atoms with E-state index in [4.69, 9.17) is 4.74 Å². The molecule has 0 aromatic carbocycles. The molecule has 0 saturated carbocycles. The summed E-state index contributed by atoms with van der Waals surface area (Å²) in [5, 5.41) is 3.14. The van der Waals surface area contributed by atoms with Gasteiger partial charge >= 0.3 is 5.97 Å². The van der Waals surface area contributed by atoms with Crippen molar-refractivity contribution in [3.8, 4) is 0 Å². The summed E-state index contributed by atoms with van der Waals surface area (Å²) < 4.78 is 5.24. The maximum atomic E-state index is 11.4. The van der Waals surface area contributed by atoms with Gasteiger partial charge in [-0.2, -0.15) is 0 Å². The van der Waals surface area contributed by atoms with E-state index < -0.39 is 0 Å². The molecule has 1 atom stereocenters. The lowest BCUT2D eigenvalue weighted by molar-refractivity contribution is -0.159. The van der Waals surface area contributed by atoms with Crippen molar-refractivity contribution in [2.75, 3.05) is 13.1 Å². The Morgan fingerprint density at radius 3 is 2.58 bits per heavy atom. The van der Waals surface area contributed by atoms with Crippen LogP contribution in [0.4, 0.5) is 0 Å². The fraction of sp³-hybridized carbons (Fsp3) is 0.889. The minimum absolute atomic E-state index is 0.0625. The Kier molecular flexibility index (Phi) is 2.73. The van der Waals surface area contributed by atoms with Gasteiger partial charge in [-0.15, -0.1) is 0 Å². The molecule has 1 N–H and O–H groups in total. The van der Waals surface area contributed by atoms with Gasteiger partial charge in [0.2, 0.25) is 0 Å². The SMILES string of the molecule is CC(C)(C)OC(=O)C1CCNC1. The molecular formula is C9H17NO2. The quantitative estimate of drug-likeness (QED) is 0.597. The van der Waals surface area contributed by atoms with E-state index >= 15 is 0 Å². The van der Waals surface area contributed by atoms with Crippen molar-refractivity contribution in [2.45, 2.75) is 32.8 Å². The van der Waals surface area contributed by atoms with Gasteiger partial charge in [0.15, 0.2) is 0 Å². The number of rotatable bonds is 1. The van der Waals surface area contributed by atoms with Crippen LogP contribution in [0.3, 0.4) is 0 Å². The molecule has 0 bridgehead atoms. The van der Waals surface area contributed by atoms with E-state index in [0.29, 0.717) is 0 Å². The summed E-state index contributed by atoms with van der Waals surface area (Å²) in [4.78, 5) is 11.4. The van der Waals surface area contributed by atoms with Gasteiger partial charge in [0.05, 0.1) is 5.92 Å². The molecule has 1 rings (SSSR count). The number of hydrogen-bond acceptors (Lipinski definition) is 3. The summed E-state index contributed by atoms with van der Waals surface area (Å²) in [7, 11) is 0. The smallest absolute Gasteiger partial charge is 0.310 e. The van der Waals surface area contributed by atoms with Crippen molar-refractivity contribution in [2.24, 2.45) is 5.92 Å². The van der Waals surface area contributed by atoms with Gasteiger partial charge < -0.3 is 10.1 Å². The van der Waals surface area contributed by atoms with Gasteiger partial charge in [-0.1, -0.05) is 0 Å². The first-order chi connectivity index (χ1) is 5.49. The molecular weight excluding hydrogens is 154 g/mol. The van der Waals surface area contributed by atoms with E-state index in [-0.39, 0.29) is 17.5 Å². The molecule has 0 amide bonds. The third kappa shape index (κ3) is 2.81. The topological polar surface area (TPSA) is 38.3 Å². The van der Waals surface area contributed by atoms with Crippen LogP contribution in [0, 0.1) is 5.92 Å². The summed E-state index contributed by atoms with van der Waals surface area (Å²) in [6.07, 6.45) is 0.912. The highest BCUT2D eigenvalue weighted by Crippen LogP contribution is 2.15. The molecule has 0 aromatic rings. The average molecular weight is 171 g/mol. The van der Waals surface area contributed by atoms with Gasteiger partial charge in [-0.25, -0.2) is 0 Å². The molecule has 12 heavy (non-hydrogen) atoms. The molecule has 3 heteroatoms. The molecule has 0 spiro atoms. The second-order valence-electron chi connectivity index (χ2n) is 4.22. The van der Waals surface area contributed by atoms with Crippen molar-refractivity contribution in [1.82, 2.24) is 5.32 Å². The maximum absolute atomic E-state index is 11.4. The summed E-state index contributed by atoms with van der Waals surface area (Å²) in [6.45, 7) is 7.40. The number of nitrogens with one attached hydrogen (secondary N) is 1. The zero-order valence-corrected chi connectivity index (χ0v) is 8.02. The second kappa shape index (κ2) is 3.44. The molecule has 1 fully saturated rings. The fourth-order valence-corrected chi connectivity index (χ4v) is 1.24. The number of carbonyl (C=O) groups is 1. The van der Waals surface area contributed by atoms with E-state index in [1.54, 1.807) is 0 Å². The van der Waals surface area contributed by atoms with Gasteiger partial charge in [-0.3, -0.25) is 4.79 Å². The van der Waals surface area contributed by atoms with Crippen LogP contribution in [0.5, 0.6) is 0 Å². The van der Waals surface area contributed by atoms with Crippen molar-refractivity contribution in [1.29, 1.82) is 0 Å². The van der Waals surface area contributed by atoms with E-state index in [0.717, 1.165) is 19.5 Å². The summed E-state index contributed by atoms with van der Waals surface area (Å²) >= 11 is 0. The Bertz CT molecular complexity index is 166. The predicted molar refractivity (Wildman–Crippen MR) is 46.8 cm³/mol. The van der Waals surface area contributed by atoms with Crippen LogP contribution in [0.25, 0.3) is 0 Å². The van der Waals surface area contributed by atoms with Crippen LogP contribution in [0.15, 0.2) is 0 Å². The molecule has 1 heterocycles. The predicted octanol–water partition coefficient (Wildman–Crippen LogP) is 0.938. The van der Waals surface area contributed by atoms with Crippen LogP contribution in [0.2, 0.25) is 0 Å². The molecule has 1 aliphatic rings. The molecule has 0 aliphatic carbocycles. The first-order valence-electron chi connectivity index (χ1n) is 4.42. The van der Waals surface area contributed by atoms with Crippen molar-refractivity contribution in [3.05, 3.63) is 0 Å². The Morgan fingerprint density at radius 2 is 2.17 bits per heavy atom. The van der Waals surface area contributed by atoms with Gasteiger partial charge in [0, 0.05) is 6.54 Å². The number of esters is 1. The highest BCUT2D eigenvalue weighted by Gasteiger charge is 2.27. The Hall–Kier alpha value is -0.570. The summed E-state index contributed by atoms with van der Waals surface area (Å²) in [5.41, 5.74) is -0.348. The molecule has 0 radical (unpaired) electrons. The van der Waals surface area contributed by atoms with Crippen LogP contribution in [-0.2, 0) is 9.53 Å². The Morgan fingerprint density at radius 1 is 1.50 bits per heavy atom. The normalized spacial score (nSPS) is 24.1. The molecule has 1 unspecified atom stereocenters. The lowest BCUT2D eigenvalue weighted by Gasteiger charge is -2.21. The van der Waals surface area contributed by atoms with E-state index in [1.807, 2.05) is 20.8 Å². The van der Waals surface area contributed by atoms with E-state index in [9.17, 15) is 4.79 Å². The van der Waals surface area contributed by atoms with Gasteiger partial charge in [0.25, 0.3) is 0 Å². The highest BCUT2D eigenvalue weighted by molar-refractivity contribution is 5.73. The molecule has 1 aliphatic heterocycles. The Labute approximate surface area is 73.5 Å². The monoisotopic (exact) mass is 171 g/mol. The van der Waals surface area contributed by atoms with Gasteiger partial charge in [0.1, 0.15) is 5.60 Å². The third-order valence-electron chi connectivity index (χ3n) is 1.80. The number of carbonyl (C=O) groups excluding carboxylic acids is 1. The van der Waals surface area contributed by atoms with Crippen LogP contribution in [0.1, 0.15) is 27.2 Å². The lowest BCUT2D eigenvalue weighted by atomic mass is 10.1. The molecule has 3 nitrogen and oxygen atoms in total. The highest BCUT2D eigenvalue weighted by atomic mass is 16.6. The van der Waals surface area contributed by atoms with Crippen LogP contribution in [-0.4, -0.2) is 24.7 Å². The van der Waals surface area contributed by atoms with Crippen LogP contribution >= 0.6 is 0 Å². The average Bonchev–Trinajstić information content (AvgIpc) is 2.32. The number of hydrogen-bond donors (Lipinski definition) is 1. The van der Waals surface area contributed by atoms with E-state index in [1.165, 1.54) is 0 Å². The first kappa shape index (κ1) is 9.52. The fourth-order valence-electron chi connectivity index (χ4n) is 1.24. The zero-order valence-electron chi connectivity index (χ0n) is 8.02. The van der Waals surface area contributed by atoms with Crippen molar-refractivity contribution >= 4 is 5.97 Å². The van der Waals surface area contributed by atoms with Gasteiger partial charge in [-0.05, 0) is 33.7 Å². The minimum Gasteiger partial charge on any atom is -0.460 e. The van der Waals surface area contributed by atoms with Crippen LogP contribution < -0.4 is 5.32 Å². The lowest BCUT2D eigenvalue weighted by Crippen LogP contribution is -2.29. The summed E-state index contributed by atoms with van der Waals surface area (Å²) in [6, 6.07) is 0. The molecule has 70 valence electrons. The zero-order chi connectivity index (χ0) is 9.19. The molecule has 0 aromatic heterocycles. The largest absolute Gasteiger partial charge is 0.460 e. The van der Waals surface area contributed by atoms with E-state index in [2.05, 4.69) is 5.32 Å². The summed E-state index contributed by atoms with van der Waals surface area (Å²) in [5.74, 6) is 0.0109. The third-order valence-corrected chi connectivity index (χ3v) is 1.80. The number of ether oxygens (including phenoxy) is 1. The Balaban J connectivity index is 2.37. The second-order valence-corrected chi connectivity index (χ2v) is 4.22. The maximum Gasteiger partial charge on any atom is 0.310 e. The first-order valence-corrected chi connectivity index (χ1v) is 4.42. The van der Waals surface area contributed by atoms with Crippen molar-refractivity contribution < 1.29 is 9.53 Å². The standard InChI is InChI=1S/C9H17NO2/c1-9(2,3)12-8(11)7-4-5-10-6-7/h7,10H,4-6H2,1-3H3. The van der Waals surface area contributed by atoms with Crippen molar-refractivity contribution in [3.63, 3.8) is 0 Å². The minimum atomic E-state index is -0.348. The molecule has 1 saturated heterocycles.